The van der Waals surface area contributed by atoms with Crippen LogP contribution in [0.5, 0.6) is 0 Å². The molecule has 17 heavy (non-hydrogen) atoms. The normalized spacial score (nSPS) is 10.5. The molecule has 1 heterocycles. The molecule has 1 aromatic heterocycles. The molecule has 4 nitrogen and oxygen atoms in total. The first-order valence-electron chi connectivity index (χ1n) is 5.25. The van der Waals surface area contributed by atoms with Crippen molar-refractivity contribution in [3.8, 4) is 17.3 Å². The Balaban J connectivity index is 2.70. The van der Waals surface area contributed by atoms with Gasteiger partial charge < -0.3 is 0 Å². The third-order valence-electron chi connectivity index (χ3n) is 2.42. The number of nitrogens with zero attached hydrogens (tertiary/aromatic N) is 4. The highest BCUT2D eigenvalue weighted by atomic mass is 79.9. The van der Waals surface area contributed by atoms with Gasteiger partial charge in [0.05, 0.1) is 0 Å². The average molecular weight is 291 g/mol. The lowest BCUT2D eigenvalue weighted by atomic mass is 10.1. The summed E-state index contributed by atoms with van der Waals surface area (Å²) in [4.78, 5) is 0. The first-order chi connectivity index (χ1) is 8.15. The van der Waals surface area contributed by atoms with E-state index in [9.17, 15) is 0 Å². The number of hydrogen-bond acceptors (Lipinski definition) is 3. The summed E-state index contributed by atoms with van der Waals surface area (Å²) in [5.74, 6) is 0. The fourth-order valence-electron chi connectivity index (χ4n) is 1.63. The molecule has 2 aromatic rings. The number of hydrogen-bond donors (Lipinski definition) is 0. The molecule has 0 aliphatic heterocycles. The highest BCUT2D eigenvalue weighted by Crippen LogP contribution is 2.30. The minimum Gasteiger partial charge on any atom is -0.241 e. The van der Waals surface area contributed by atoms with Crippen LogP contribution in [0.3, 0.4) is 0 Å². The van der Waals surface area contributed by atoms with Crippen molar-refractivity contribution in [2.24, 2.45) is 0 Å². The quantitative estimate of drug-likeness (QED) is 0.854. The summed E-state index contributed by atoms with van der Waals surface area (Å²) in [6.07, 6.45) is 0. The van der Waals surface area contributed by atoms with Gasteiger partial charge in [0.1, 0.15) is 11.8 Å². The smallest absolute Gasteiger partial charge is 0.190 e. The zero-order valence-electron chi connectivity index (χ0n) is 9.55. The average Bonchev–Trinajstić information content (AvgIpc) is 2.73. The van der Waals surface area contributed by atoms with E-state index in [1.54, 1.807) is 4.68 Å². The van der Waals surface area contributed by atoms with Crippen molar-refractivity contribution in [1.82, 2.24) is 15.0 Å². The Bertz CT molecular complexity index is 580. The highest BCUT2D eigenvalue weighted by Gasteiger charge is 2.18. The highest BCUT2D eigenvalue weighted by molar-refractivity contribution is 9.10. The molecule has 0 fully saturated rings. The minimum atomic E-state index is 0.159. The Hall–Kier alpha value is -1.67. The number of rotatable bonds is 2. The second-order valence-electron chi connectivity index (χ2n) is 3.92. The van der Waals surface area contributed by atoms with Gasteiger partial charge in [0.2, 0.25) is 0 Å². The summed E-state index contributed by atoms with van der Waals surface area (Å²) >= 11 is 3.49. The summed E-state index contributed by atoms with van der Waals surface area (Å²) in [6.45, 7) is 4.02. The van der Waals surface area contributed by atoms with Gasteiger partial charge in [-0.2, -0.15) is 5.26 Å². The second kappa shape index (κ2) is 4.68. The molecule has 0 aliphatic rings. The molecule has 86 valence electrons. The second-order valence-corrected chi connectivity index (χ2v) is 4.77. The van der Waals surface area contributed by atoms with Gasteiger partial charge in [0.25, 0.3) is 0 Å². The molecule has 0 saturated carbocycles. The Kier molecular flexibility index (Phi) is 3.25. The molecule has 0 radical (unpaired) electrons. The predicted octanol–water partition coefficient (Wildman–Crippen LogP) is 3.16. The van der Waals surface area contributed by atoms with Crippen molar-refractivity contribution in [3.63, 3.8) is 0 Å². The largest absolute Gasteiger partial charge is 0.241 e. The molecule has 0 spiro atoms. The maximum absolute atomic E-state index is 9.08. The van der Waals surface area contributed by atoms with Gasteiger partial charge in [-0.3, -0.25) is 0 Å². The van der Waals surface area contributed by atoms with Crippen LogP contribution in [0.15, 0.2) is 28.7 Å². The monoisotopic (exact) mass is 290 g/mol. The summed E-state index contributed by atoms with van der Waals surface area (Å²) in [5, 5.41) is 17.0. The Morgan fingerprint density at radius 2 is 2.06 bits per heavy atom. The summed E-state index contributed by atoms with van der Waals surface area (Å²) < 4.78 is 2.69. The van der Waals surface area contributed by atoms with Crippen LogP contribution in [0.25, 0.3) is 11.3 Å². The molecular formula is C12H11BrN4. The topological polar surface area (TPSA) is 54.5 Å². The van der Waals surface area contributed by atoms with Gasteiger partial charge in [-0.1, -0.05) is 39.3 Å². The number of aromatic nitrogens is 3. The van der Waals surface area contributed by atoms with Crippen LogP contribution in [0, 0.1) is 11.3 Å². The fraction of sp³-hybridized carbons (Fsp3) is 0.250. The van der Waals surface area contributed by atoms with E-state index < -0.39 is 0 Å². The van der Waals surface area contributed by atoms with E-state index in [0.29, 0.717) is 5.69 Å². The number of halogens is 1. The van der Waals surface area contributed by atoms with E-state index in [1.165, 1.54) is 0 Å². The van der Waals surface area contributed by atoms with Gasteiger partial charge in [0.15, 0.2) is 5.69 Å². The Labute approximate surface area is 108 Å². The molecule has 0 saturated heterocycles. The molecule has 0 aliphatic carbocycles. The van der Waals surface area contributed by atoms with Gasteiger partial charge in [-0.05, 0) is 19.9 Å². The summed E-state index contributed by atoms with van der Waals surface area (Å²) in [7, 11) is 0. The van der Waals surface area contributed by atoms with E-state index in [4.69, 9.17) is 5.26 Å². The van der Waals surface area contributed by atoms with Crippen molar-refractivity contribution >= 4 is 15.9 Å². The third kappa shape index (κ3) is 2.08. The lowest BCUT2D eigenvalue weighted by molar-refractivity contribution is 0.519. The molecule has 0 atom stereocenters. The first-order valence-corrected chi connectivity index (χ1v) is 6.04. The lowest BCUT2D eigenvalue weighted by Crippen LogP contribution is -2.05. The standard InChI is InChI=1S/C12H11BrN4/c1-8(2)17-12(11(7-14)15-16-17)9-5-3-4-6-10(9)13/h3-6,8H,1-2H3. The Morgan fingerprint density at radius 1 is 1.35 bits per heavy atom. The van der Waals surface area contributed by atoms with E-state index in [0.717, 1.165) is 15.7 Å². The summed E-state index contributed by atoms with van der Waals surface area (Å²) in [5.41, 5.74) is 2.04. The fourth-order valence-corrected chi connectivity index (χ4v) is 2.11. The van der Waals surface area contributed by atoms with Crippen molar-refractivity contribution in [1.29, 1.82) is 5.26 Å². The van der Waals surface area contributed by atoms with Crippen LogP contribution in [0.1, 0.15) is 25.6 Å². The van der Waals surface area contributed by atoms with Gasteiger partial charge in [0, 0.05) is 16.1 Å². The van der Waals surface area contributed by atoms with Crippen LogP contribution < -0.4 is 0 Å². The number of benzene rings is 1. The van der Waals surface area contributed by atoms with E-state index >= 15 is 0 Å². The van der Waals surface area contributed by atoms with Crippen molar-refractivity contribution in [2.75, 3.05) is 0 Å². The Morgan fingerprint density at radius 3 is 2.65 bits per heavy atom. The van der Waals surface area contributed by atoms with Gasteiger partial charge in [-0.15, -0.1) is 5.10 Å². The van der Waals surface area contributed by atoms with Crippen molar-refractivity contribution < 1.29 is 0 Å². The van der Waals surface area contributed by atoms with Crippen LogP contribution in [0.2, 0.25) is 0 Å². The van der Waals surface area contributed by atoms with E-state index in [1.807, 2.05) is 38.1 Å². The maximum Gasteiger partial charge on any atom is 0.190 e. The molecule has 0 unspecified atom stereocenters. The van der Waals surface area contributed by atoms with Crippen LogP contribution in [0.4, 0.5) is 0 Å². The summed E-state index contributed by atoms with van der Waals surface area (Å²) in [6, 6.07) is 9.99. The predicted molar refractivity (Wildman–Crippen MR) is 68.3 cm³/mol. The molecule has 0 N–H and O–H groups in total. The molecule has 0 bridgehead atoms. The molecule has 1 aromatic carbocycles. The molecule has 2 rings (SSSR count). The van der Waals surface area contributed by atoms with Gasteiger partial charge >= 0.3 is 0 Å². The molecule has 5 heteroatoms. The number of nitriles is 1. The van der Waals surface area contributed by atoms with Crippen molar-refractivity contribution in [2.45, 2.75) is 19.9 Å². The van der Waals surface area contributed by atoms with Crippen LogP contribution in [-0.2, 0) is 0 Å². The van der Waals surface area contributed by atoms with Crippen LogP contribution >= 0.6 is 15.9 Å². The van der Waals surface area contributed by atoms with Crippen LogP contribution in [-0.4, -0.2) is 15.0 Å². The zero-order valence-corrected chi connectivity index (χ0v) is 11.1. The minimum absolute atomic E-state index is 0.159. The van der Waals surface area contributed by atoms with E-state index in [2.05, 4.69) is 32.3 Å². The van der Waals surface area contributed by atoms with Gasteiger partial charge in [-0.25, -0.2) is 4.68 Å². The lowest BCUT2D eigenvalue weighted by Gasteiger charge is -2.10. The molecular weight excluding hydrogens is 280 g/mol. The maximum atomic E-state index is 9.08. The first kappa shape index (κ1) is 11.8. The zero-order chi connectivity index (χ0) is 12.4. The third-order valence-corrected chi connectivity index (χ3v) is 3.11. The van der Waals surface area contributed by atoms with Crippen molar-refractivity contribution in [3.05, 3.63) is 34.4 Å². The van der Waals surface area contributed by atoms with E-state index in [-0.39, 0.29) is 6.04 Å². The SMILES string of the molecule is CC(C)n1nnc(C#N)c1-c1ccccc1Br. The molecule has 0 amide bonds.